The van der Waals surface area contributed by atoms with E-state index >= 15 is 0 Å². The van der Waals surface area contributed by atoms with Crippen molar-refractivity contribution in [2.75, 3.05) is 13.1 Å². The summed E-state index contributed by atoms with van der Waals surface area (Å²) < 4.78 is 0. The third kappa shape index (κ3) is 10.7. The molecule has 0 saturated carbocycles. The van der Waals surface area contributed by atoms with Gasteiger partial charge in [-0.2, -0.15) is 0 Å². The number of hydrogen-bond donors (Lipinski definition) is 8. The van der Waals surface area contributed by atoms with Crippen molar-refractivity contribution in [3.05, 3.63) is 29.8 Å². The molecule has 0 heterocycles. The zero-order valence-corrected chi connectivity index (χ0v) is 18.5. The number of phenols is 1. The van der Waals surface area contributed by atoms with Crippen LogP contribution in [0.2, 0.25) is 0 Å². The summed E-state index contributed by atoms with van der Waals surface area (Å²) in [6, 6.07) is 2.10. The van der Waals surface area contributed by atoms with E-state index in [1.807, 2.05) is 0 Å². The topological polar surface area (TPSA) is 234 Å². The fourth-order valence-corrected chi connectivity index (χ4v) is 2.93. The van der Waals surface area contributed by atoms with Crippen LogP contribution >= 0.6 is 0 Å². The van der Waals surface area contributed by atoms with Gasteiger partial charge in [0.1, 0.15) is 17.8 Å². The number of benzene rings is 1. The first-order chi connectivity index (χ1) is 16.0. The van der Waals surface area contributed by atoms with Crippen molar-refractivity contribution in [2.45, 2.75) is 50.2 Å². The quantitative estimate of drug-likeness (QED) is 0.129. The summed E-state index contributed by atoms with van der Waals surface area (Å²) in [5.41, 5.74) is 11.5. The van der Waals surface area contributed by atoms with Gasteiger partial charge in [-0.25, -0.2) is 4.79 Å². The van der Waals surface area contributed by atoms with E-state index in [4.69, 9.17) is 16.6 Å². The second-order valence-corrected chi connectivity index (χ2v) is 7.60. The number of aliphatic carboxylic acids is 2. The van der Waals surface area contributed by atoms with Gasteiger partial charge in [0.25, 0.3) is 0 Å². The molecule has 0 bridgehead atoms. The summed E-state index contributed by atoms with van der Waals surface area (Å²) in [6.45, 7) is -0.193. The van der Waals surface area contributed by atoms with Crippen LogP contribution in [0.1, 0.15) is 31.2 Å². The second kappa shape index (κ2) is 14.4. The monoisotopic (exact) mass is 481 g/mol. The van der Waals surface area contributed by atoms with E-state index < -0.39 is 60.8 Å². The Bertz CT molecular complexity index is 861. The predicted molar refractivity (Wildman–Crippen MR) is 119 cm³/mol. The van der Waals surface area contributed by atoms with Crippen molar-refractivity contribution in [3.8, 4) is 5.75 Å². The fourth-order valence-electron chi connectivity index (χ4n) is 2.93. The molecule has 3 amide bonds. The molecule has 0 aliphatic heterocycles. The average Bonchev–Trinajstić information content (AvgIpc) is 2.77. The van der Waals surface area contributed by atoms with Gasteiger partial charge in [0.05, 0.1) is 19.0 Å². The van der Waals surface area contributed by atoms with Crippen molar-refractivity contribution in [2.24, 2.45) is 11.5 Å². The Morgan fingerprint density at radius 2 is 1.56 bits per heavy atom. The first-order valence-corrected chi connectivity index (χ1v) is 10.6. The van der Waals surface area contributed by atoms with Gasteiger partial charge < -0.3 is 42.7 Å². The fraction of sp³-hybridized carbons (Fsp3) is 0.476. The lowest BCUT2D eigenvalue weighted by Crippen LogP contribution is -2.54. The summed E-state index contributed by atoms with van der Waals surface area (Å²) >= 11 is 0. The summed E-state index contributed by atoms with van der Waals surface area (Å²) in [6.07, 6.45) is 0.543. The minimum Gasteiger partial charge on any atom is -0.508 e. The molecule has 0 aliphatic rings. The Labute approximate surface area is 195 Å². The largest absolute Gasteiger partial charge is 0.508 e. The highest BCUT2D eigenvalue weighted by molar-refractivity contribution is 5.93. The maximum Gasteiger partial charge on any atom is 0.326 e. The van der Waals surface area contributed by atoms with Crippen LogP contribution in [-0.2, 0) is 30.4 Å². The lowest BCUT2D eigenvalue weighted by Gasteiger charge is -2.22. The molecule has 1 rings (SSSR count). The van der Waals surface area contributed by atoms with Crippen molar-refractivity contribution in [1.29, 1.82) is 0 Å². The first kappa shape index (κ1) is 28.3. The summed E-state index contributed by atoms with van der Waals surface area (Å²) in [7, 11) is 0. The molecular formula is C21H31N5O8. The van der Waals surface area contributed by atoms with Crippen LogP contribution in [0.5, 0.6) is 5.75 Å². The van der Waals surface area contributed by atoms with Gasteiger partial charge in [-0.3, -0.25) is 19.2 Å². The Balaban J connectivity index is 2.77. The molecule has 34 heavy (non-hydrogen) atoms. The number of nitrogens with one attached hydrogen (secondary N) is 3. The van der Waals surface area contributed by atoms with Gasteiger partial charge in [0.2, 0.25) is 17.7 Å². The number of phenolic OH excluding ortho intramolecular Hbond substituents is 1. The Kier molecular flexibility index (Phi) is 12.0. The summed E-state index contributed by atoms with van der Waals surface area (Å²) in [4.78, 5) is 59.1. The number of unbranched alkanes of at least 4 members (excludes halogenated alkanes) is 1. The SMILES string of the molecule is NCCCCC(NC(=O)CNC(=O)C(N)CC(=O)O)C(=O)NC(Cc1ccc(O)cc1)C(=O)O. The van der Waals surface area contributed by atoms with Crippen molar-refractivity contribution >= 4 is 29.7 Å². The van der Waals surface area contributed by atoms with Crippen LogP contribution in [0, 0.1) is 0 Å². The third-order valence-corrected chi connectivity index (χ3v) is 4.74. The molecule has 13 heteroatoms. The smallest absolute Gasteiger partial charge is 0.326 e. The number of carboxylic acids is 2. The minimum atomic E-state index is -1.34. The Morgan fingerprint density at radius 1 is 0.912 bits per heavy atom. The van der Waals surface area contributed by atoms with Crippen LogP contribution in [0.15, 0.2) is 24.3 Å². The van der Waals surface area contributed by atoms with Crippen molar-refractivity contribution < 1.29 is 39.3 Å². The molecule has 3 unspecified atom stereocenters. The highest BCUT2D eigenvalue weighted by atomic mass is 16.4. The van der Waals surface area contributed by atoms with E-state index in [1.165, 1.54) is 24.3 Å². The number of nitrogens with two attached hydrogens (primary N) is 2. The number of hydrogen-bond acceptors (Lipinski definition) is 8. The number of aromatic hydroxyl groups is 1. The predicted octanol–water partition coefficient (Wildman–Crippen LogP) is -1.96. The Morgan fingerprint density at radius 3 is 2.12 bits per heavy atom. The van der Waals surface area contributed by atoms with Gasteiger partial charge in [0, 0.05) is 6.42 Å². The van der Waals surface area contributed by atoms with Gasteiger partial charge in [-0.1, -0.05) is 12.1 Å². The number of carbonyl (C=O) groups excluding carboxylic acids is 3. The maximum atomic E-state index is 12.8. The standard InChI is InChI=1S/C21H31N5O8/c22-8-2-1-3-15(25-17(28)11-24-19(31)14(23)10-18(29)30)20(32)26-16(21(33)34)9-12-4-6-13(27)7-5-12/h4-7,14-16,27H,1-3,8-11,22-23H2,(H,24,31)(H,25,28)(H,26,32)(H,29,30)(H,33,34). The highest BCUT2D eigenvalue weighted by Gasteiger charge is 2.27. The molecule has 0 spiro atoms. The molecule has 0 fully saturated rings. The second-order valence-electron chi connectivity index (χ2n) is 7.60. The van der Waals surface area contributed by atoms with Gasteiger partial charge in [0.15, 0.2) is 0 Å². The molecule has 3 atom stereocenters. The van der Waals surface area contributed by atoms with Crippen LogP contribution in [-0.4, -0.2) is 76.2 Å². The van der Waals surface area contributed by atoms with Gasteiger partial charge >= 0.3 is 11.9 Å². The summed E-state index contributed by atoms with van der Waals surface area (Å²) in [5, 5.41) is 34.6. The van der Waals surface area contributed by atoms with E-state index in [0.29, 0.717) is 24.9 Å². The molecule has 1 aromatic carbocycles. The molecule has 0 radical (unpaired) electrons. The molecule has 0 aromatic heterocycles. The number of carbonyl (C=O) groups is 5. The van der Waals surface area contributed by atoms with Crippen molar-refractivity contribution in [3.63, 3.8) is 0 Å². The van der Waals surface area contributed by atoms with E-state index in [2.05, 4.69) is 16.0 Å². The lowest BCUT2D eigenvalue weighted by molar-refractivity contribution is -0.142. The van der Waals surface area contributed by atoms with Gasteiger partial charge in [-0.15, -0.1) is 0 Å². The number of rotatable bonds is 15. The van der Waals surface area contributed by atoms with Crippen LogP contribution in [0.3, 0.4) is 0 Å². The molecule has 1 aromatic rings. The third-order valence-electron chi connectivity index (χ3n) is 4.74. The van der Waals surface area contributed by atoms with Gasteiger partial charge in [-0.05, 0) is 43.5 Å². The highest BCUT2D eigenvalue weighted by Crippen LogP contribution is 2.12. The molecule has 0 aliphatic carbocycles. The Hall–Kier alpha value is -3.71. The van der Waals surface area contributed by atoms with Crippen LogP contribution in [0.4, 0.5) is 0 Å². The molecule has 10 N–H and O–H groups in total. The molecular weight excluding hydrogens is 450 g/mol. The zero-order valence-electron chi connectivity index (χ0n) is 18.5. The first-order valence-electron chi connectivity index (χ1n) is 10.6. The van der Waals surface area contributed by atoms with E-state index in [0.717, 1.165) is 0 Å². The summed E-state index contributed by atoms with van der Waals surface area (Å²) in [5.74, 6) is -4.86. The van der Waals surface area contributed by atoms with Crippen molar-refractivity contribution in [1.82, 2.24) is 16.0 Å². The van der Waals surface area contributed by atoms with Crippen LogP contribution in [0.25, 0.3) is 0 Å². The zero-order chi connectivity index (χ0) is 25.7. The average molecular weight is 482 g/mol. The number of amides is 3. The molecule has 188 valence electrons. The molecule has 0 saturated heterocycles. The van der Waals surface area contributed by atoms with E-state index in [1.54, 1.807) is 0 Å². The lowest BCUT2D eigenvalue weighted by atomic mass is 10.0. The maximum absolute atomic E-state index is 12.8. The normalized spacial score (nSPS) is 13.2. The van der Waals surface area contributed by atoms with E-state index in [-0.39, 0.29) is 18.6 Å². The minimum absolute atomic E-state index is 0.0124. The van der Waals surface area contributed by atoms with E-state index in [9.17, 15) is 34.2 Å². The number of carboxylic acid groups (broad SMARTS) is 2. The van der Waals surface area contributed by atoms with Crippen LogP contribution < -0.4 is 27.4 Å². The molecule has 13 nitrogen and oxygen atoms in total.